The van der Waals surface area contributed by atoms with Crippen LogP contribution in [0, 0.1) is 0 Å². The van der Waals surface area contributed by atoms with Gasteiger partial charge in [-0.1, -0.05) is 11.6 Å². The Labute approximate surface area is 92.6 Å². The number of anilines is 2. The molecule has 1 aliphatic rings. The minimum absolute atomic E-state index is 0.366. The maximum absolute atomic E-state index is 11.5. The zero-order chi connectivity index (χ0) is 10.8. The van der Waals surface area contributed by atoms with E-state index in [9.17, 15) is 4.79 Å². The Morgan fingerprint density at radius 1 is 1.47 bits per heavy atom. The summed E-state index contributed by atoms with van der Waals surface area (Å²) in [5, 5.41) is 0.553. The molecule has 1 aliphatic heterocycles. The van der Waals surface area contributed by atoms with Crippen LogP contribution in [-0.4, -0.2) is 19.2 Å². The van der Waals surface area contributed by atoms with Gasteiger partial charge in [-0.15, -0.1) is 0 Å². The number of hydrogen-bond donors (Lipinski definition) is 1. The summed E-state index contributed by atoms with van der Waals surface area (Å²) >= 11 is 5.85. The predicted octanol–water partition coefficient (Wildman–Crippen LogP) is 2.27. The predicted molar refractivity (Wildman–Crippen MR) is 59.2 cm³/mol. The number of ether oxygens (including phenoxy) is 1. The number of rotatable bonds is 1. The first-order chi connectivity index (χ1) is 7.18. The lowest BCUT2D eigenvalue weighted by molar-refractivity contribution is 0.140. The van der Waals surface area contributed by atoms with E-state index in [4.69, 9.17) is 22.1 Å². The van der Waals surface area contributed by atoms with Crippen molar-refractivity contribution >= 4 is 29.1 Å². The van der Waals surface area contributed by atoms with Crippen molar-refractivity contribution in [2.24, 2.45) is 0 Å². The summed E-state index contributed by atoms with van der Waals surface area (Å²) in [5.41, 5.74) is 6.92. The summed E-state index contributed by atoms with van der Waals surface area (Å²) in [6, 6.07) is 5.04. The van der Waals surface area contributed by atoms with Crippen LogP contribution in [-0.2, 0) is 4.74 Å². The van der Waals surface area contributed by atoms with Gasteiger partial charge in [-0.05, 0) is 24.6 Å². The van der Waals surface area contributed by atoms with Crippen LogP contribution in [0.3, 0.4) is 0 Å². The summed E-state index contributed by atoms with van der Waals surface area (Å²) in [5.74, 6) is 0. The van der Waals surface area contributed by atoms with Crippen LogP contribution in [0.25, 0.3) is 0 Å². The van der Waals surface area contributed by atoms with Crippen molar-refractivity contribution in [2.45, 2.75) is 6.42 Å². The average Bonchev–Trinajstić information content (AvgIpc) is 2.23. The molecule has 0 spiro atoms. The largest absolute Gasteiger partial charge is 0.449 e. The van der Waals surface area contributed by atoms with Crippen molar-refractivity contribution < 1.29 is 9.53 Å². The van der Waals surface area contributed by atoms with E-state index in [2.05, 4.69) is 0 Å². The molecule has 1 heterocycles. The van der Waals surface area contributed by atoms with Crippen LogP contribution >= 0.6 is 11.6 Å². The summed E-state index contributed by atoms with van der Waals surface area (Å²) in [6.45, 7) is 1.08. The van der Waals surface area contributed by atoms with Gasteiger partial charge in [0.2, 0.25) is 0 Å². The van der Waals surface area contributed by atoms with E-state index in [0.717, 1.165) is 6.42 Å². The van der Waals surface area contributed by atoms with E-state index in [1.54, 1.807) is 18.2 Å². The zero-order valence-electron chi connectivity index (χ0n) is 8.07. The van der Waals surface area contributed by atoms with E-state index in [-0.39, 0.29) is 6.09 Å². The van der Waals surface area contributed by atoms with Gasteiger partial charge in [0.1, 0.15) is 0 Å². The molecule has 1 aromatic carbocycles. The Morgan fingerprint density at radius 2 is 2.27 bits per heavy atom. The number of amides is 1. The fourth-order valence-corrected chi connectivity index (χ4v) is 1.69. The molecule has 0 radical (unpaired) electrons. The number of carbonyl (C=O) groups excluding carboxylic acids is 1. The molecule has 1 amide bonds. The SMILES string of the molecule is Nc1ccc(Cl)cc1N1CCCOC1=O. The van der Waals surface area contributed by atoms with E-state index in [1.165, 1.54) is 4.90 Å². The number of benzene rings is 1. The van der Waals surface area contributed by atoms with E-state index in [1.807, 2.05) is 0 Å². The van der Waals surface area contributed by atoms with E-state index < -0.39 is 0 Å². The summed E-state index contributed by atoms with van der Waals surface area (Å²) in [7, 11) is 0. The number of halogens is 1. The molecule has 0 bridgehead atoms. The second-order valence-electron chi connectivity index (χ2n) is 3.32. The van der Waals surface area contributed by atoms with Gasteiger partial charge in [0, 0.05) is 11.6 Å². The van der Waals surface area contributed by atoms with Crippen molar-refractivity contribution in [1.29, 1.82) is 0 Å². The average molecular weight is 227 g/mol. The van der Waals surface area contributed by atoms with Crippen molar-refractivity contribution in [3.63, 3.8) is 0 Å². The van der Waals surface area contributed by atoms with Crippen LogP contribution in [0.1, 0.15) is 6.42 Å². The molecular formula is C10H11ClN2O2. The molecule has 1 fully saturated rings. The Morgan fingerprint density at radius 3 is 3.00 bits per heavy atom. The van der Waals surface area contributed by atoms with E-state index in [0.29, 0.717) is 29.5 Å². The number of nitrogens with two attached hydrogens (primary N) is 1. The second kappa shape index (κ2) is 3.98. The maximum atomic E-state index is 11.5. The number of hydrogen-bond acceptors (Lipinski definition) is 3. The van der Waals surface area contributed by atoms with Crippen molar-refractivity contribution in [1.82, 2.24) is 0 Å². The normalized spacial score (nSPS) is 16.3. The molecule has 4 nitrogen and oxygen atoms in total. The molecule has 80 valence electrons. The molecule has 2 rings (SSSR count). The molecule has 1 saturated heterocycles. The first-order valence-electron chi connectivity index (χ1n) is 4.68. The first-order valence-corrected chi connectivity index (χ1v) is 5.05. The van der Waals surface area contributed by atoms with Gasteiger partial charge in [0.25, 0.3) is 0 Å². The first kappa shape index (κ1) is 10.1. The van der Waals surface area contributed by atoms with Crippen molar-refractivity contribution in [3.8, 4) is 0 Å². The summed E-state index contributed by atoms with van der Waals surface area (Å²) in [4.78, 5) is 13.0. The van der Waals surface area contributed by atoms with Crippen LogP contribution < -0.4 is 10.6 Å². The van der Waals surface area contributed by atoms with Crippen LogP contribution in [0.4, 0.5) is 16.2 Å². The van der Waals surface area contributed by atoms with Crippen LogP contribution in [0.2, 0.25) is 5.02 Å². The van der Waals surface area contributed by atoms with Gasteiger partial charge in [0.15, 0.2) is 0 Å². The molecule has 2 N–H and O–H groups in total. The van der Waals surface area contributed by atoms with Gasteiger partial charge < -0.3 is 10.5 Å². The Kier molecular flexibility index (Phi) is 2.68. The third kappa shape index (κ3) is 1.99. The van der Waals surface area contributed by atoms with Gasteiger partial charge in [-0.25, -0.2) is 4.79 Å². The minimum atomic E-state index is -0.366. The molecule has 5 heteroatoms. The Hall–Kier alpha value is -1.42. The molecule has 0 unspecified atom stereocenters. The highest BCUT2D eigenvalue weighted by molar-refractivity contribution is 6.31. The third-order valence-electron chi connectivity index (χ3n) is 2.26. The van der Waals surface area contributed by atoms with Gasteiger partial charge in [-0.3, -0.25) is 4.90 Å². The Bertz CT molecular complexity index is 395. The highest BCUT2D eigenvalue weighted by atomic mass is 35.5. The minimum Gasteiger partial charge on any atom is -0.449 e. The standard InChI is InChI=1S/C10H11ClN2O2/c11-7-2-3-8(12)9(6-7)13-4-1-5-15-10(13)14/h2-3,6H,1,4-5,12H2. The number of cyclic esters (lactones) is 1. The smallest absolute Gasteiger partial charge is 0.414 e. The number of nitrogen functional groups attached to an aromatic ring is 1. The van der Waals surface area contributed by atoms with Crippen LogP contribution in [0.5, 0.6) is 0 Å². The summed E-state index contributed by atoms with van der Waals surface area (Å²) in [6.07, 6.45) is 0.438. The van der Waals surface area contributed by atoms with Crippen molar-refractivity contribution in [2.75, 3.05) is 23.8 Å². The molecular weight excluding hydrogens is 216 g/mol. The molecule has 0 aliphatic carbocycles. The Balaban J connectivity index is 2.34. The maximum Gasteiger partial charge on any atom is 0.414 e. The fraction of sp³-hybridized carbons (Fsp3) is 0.300. The highest BCUT2D eigenvalue weighted by Crippen LogP contribution is 2.28. The lowest BCUT2D eigenvalue weighted by atomic mass is 10.2. The van der Waals surface area contributed by atoms with Crippen LogP contribution in [0.15, 0.2) is 18.2 Å². The third-order valence-corrected chi connectivity index (χ3v) is 2.49. The lowest BCUT2D eigenvalue weighted by Gasteiger charge is -2.27. The molecule has 15 heavy (non-hydrogen) atoms. The van der Waals surface area contributed by atoms with Crippen molar-refractivity contribution in [3.05, 3.63) is 23.2 Å². The monoisotopic (exact) mass is 226 g/mol. The molecule has 0 saturated carbocycles. The second-order valence-corrected chi connectivity index (χ2v) is 3.76. The highest BCUT2D eigenvalue weighted by Gasteiger charge is 2.22. The molecule has 0 atom stereocenters. The number of nitrogens with zero attached hydrogens (tertiary/aromatic N) is 1. The van der Waals surface area contributed by atoms with Gasteiger partial charge >= 0.3 is 6.09 Å². The number of carbonyl (C=O) groups is 1. The lowest BCUT2D eigenvalue weighted by Crippen LogP contribution is -2.38. The zero-order valence-corrected chi connectivity index (χ0v) is 8.83. The fourth-order valence-electron chi connectivity index (χ4n) is 1.52. The van der Waals surface area contributed by atoms with Gasteiger partial charge in [0.05, 0.1) is 18.0 Å². The van der Waals surface area contributed by atoms with Gasteiger partial charge in [-0.2, -0.15) is 0 Å². The topological polar surface area (TPSA) is 55.6 Å². The quantitative estimate of drug-likeness (QED) is 0.748. The summed E-state index contributed by atoms with van der Waals surface area (Å²) < 4.78 is 4.93. The molecule has 0 aromatic heterocycles. The van der Waals surface area contributed by atoms with E-state index >= 15 is 0 Å². The molecule has 1 aromatic rings.